The molecule has 0 spiro atoms. The van der Waals surface area contributed by atoms with E-state index in [1.165, 1.54) is 10.4 Å². The summed E-state index contributed by atoms with van der Waals surface area (Å²) in [6.45, 7) is 4.33. The lowest BCUT2D eigenvalue weighted by Crippen LogP contribution is -2.45. The van der Waals surface area contributed by atoms with Crippen molar-refractivity contribution in [2.24, 2.45) is 0 Å². The van der Waals surface area contributed by atoms with Crippen LogP contribution in [0.4, 0.5) is 0 Å². The van der Waals surface area contributed by atoms with E-state index in [9.17, 15) is 0 Å². The van der Waals surface area contributed by atoms with E-state index >= 15 is 0 Å². The molecule has 1 saturated heterocycles. The fourth-order valence-corrected chi connectivity index (χ4v) is 3.37. The molecule has 2 aromatic rings. The molecule has 1 aliphatic rings. The summed E-state index contributed by atoms with van der Waals surface area (Å²) in [5.74, 6) is 0. The molecule has 18 heavy (non-hydrogen) atoms. The van der Waals surface area contributed by atoms with E-state index in [1.807, 2.05) is 29.8 Å². The fraction of sp³-hybridized carbons (Fsp3) is 0.357. The smallest absolute Gasteiger partial charge is 0.0711 e. The van der Waals surface area contributed by atoms with Gasteiger partial charge in [0.2, 0.25) is 0 Å². The van der Waals surface area contributed by atoms with Crippen molar-refractivity contribution in [1.29, 1.82) is 0 Å². The maximum absolute atomic E-state index is 4.27. The summed E-state index contributed by atoms with van der Waals surface area (Å²) in [5.41, 5.74) is 1.29. The second-order valence-corrected chi connectivity index (χ2v) is 5.47. The Bertz CT molecular complexity index is 463. The molecule has 0 radical (unpaired) electrons. The van der Waals surface area contributed by atoms with E-state index in [0.717, 1.165) is 26.2 Å². The molecular weight excluding hydrogens is 242 g/mol. The van der Waals surface area contributed by atoms with E-state index in [0.29, 0.717) is 6.04 Å². The first-order valence-electron chi connectivity index (χ1n) is 6.33. The van der Waals surface area contributed by atoms with Gasteiger partial charge < -0.3 is 5.32 Å². The normalized spacial score (nSPS) is 18.7. The Hall–Kier alpha value is -1.23. The van der Waals surface area contributed by atoms with Crippen LogP contribution in [0.3, 0.4) is 0 Å². The minimum atomic E-state index is 0.362. The van der Waals surface area contributed by atoms with Gasteiger partial charge in [0.25, 0.3) is 0 Å². The molecule has 1 fully saturated rings. The molecule has 1 aliphatic heterocycles. The lowest BCUT2D eigenvalue weighted by molar-refractivity contribution is 0.200. The van der Waals surface area contributed by atoms with E-state index < -0.39 is 0 Å². The van der Waals surface area contributed by atoms with E-state index in [-0.39, 0.29) is 0 Å². The van der Waals surface area contributed by atoms with Crippen LogP contribution >= 0.6 is 11.3 Å². The fourth-order valence-electron chi connectivity index (χ4n) is 2.48. The molecule has 3 rings (SSSR count). The second-order valence-electron chi connectivity index (χ2n) is 4.49. The topological polar surface area (TPSA) is 28.2 Å². The number of hydrogen-bond donors (Lipinski definition) is 1. The van der Waals surface area contributed by atoms with Crippen LogP contribution in [0.25, 0.3) is 0 Å². The molecule has 0 aromatic carbocycles. The van der Waals surface area contributed by atoms with Crippen LogP contribution in [-0.2, 0) is 0 Å². The van der Waals surface area contributed by atoms with Crippen molar-refractivity contribution in [3.63, 3.8) is 0 Å². The van der Waals surface area contributed by atoms with Crippen molar-refractivity contribution in [3.05, 3.63) is 52.5 Å². The highest BCUT2D eigenvalue weighted by molar-refractivity contribution is 7.10. The van der Waals surface area contributed by atoms with Crippen LogP contribution in [0.2, 0.25) is 0 Å². The van der Waals surface area contributed by atoms with Gasteiger partial charge in [-0.15, -0.1) is 11.3 Å². The summed E-state index contributed by atoms with van der Waals surface area (Å²) < 4.78 is 0. The number of aromatic nitrogens is 1. The highest BCUT2D eigenvalue weighted by atomic mass is 32.1. The number of pyridine rings is 1. The Morgan fingerprint density at radius 3 is 2.78 bits per heavy atom. The Morgan fingerprint density at radius 2 is 2.11 bits per heavy atom. The maximum Gasteiger partial charge on any atom is 0.0711 e. The van der Waals surface area contributed by atoms with Crippen LogP contribution in [-0.4, -0.2) is 36.1 Å². The van der Waals surface area contributed by atoms with E-state index in [4.69, 9.17) is 0 Å². The first-order valence-corrected chi connectivity index (χ1v) is 7.21. The zero-order chi connectivity index (χ0) is 12.2. The third kappa shape index (κ3) is 2.46. The molecule has 0 bridgehead atoms. The largest absolute Gasteiger partial charge is 0.314 e. The summed E-state index contributed by atoms with van der Waals surface area (Å²) in [4.78, 5) is 8.22. The SMILES string of the molecule is c1cncc([C@H](c2cccs2)N2CCNCC2)c1. The summed E-state index contributed by atoms with van der Waals surface area (Å²) in [6.07, 6.45) is 3.83. The minimum absolute atomic E-state index is 0.362. The summed E-state index contributed by atoms with van der Waals surface area (Å²) >= 11 is 1.83. The first-order chi connectivity index (χ1) is 8.95. The van der Waals surface area contributed by atoms with Gasteiger partial charge in [-0.05, 0) is 23.1 Å². The van der Waals surface area contributed by atoms with Gasteiger partial charge in [-0.2, -0.15) is 0 Å². The van der Waals surface area contributed by atoms with Crippen LogP contribution < -0.4 is 5.32 Å². The van der Waals surface area contributed by atoms with Crippen molar-refractivity contribution < 1.29 is 0 Å². The number of hydrogen-bond acceptors (Lipinski definition) is 4. The quantitative estimate of drug-likeness (QED) is 0.915. The van der Waals surface area contributed by atoms with Gasteiger partial charge >= 0.3 is 0 Å². The van der Waals surface area contributed by atoms with Crippen molar-refractivity contribution in [1.82, 2.24) is 15.2 Å². The van der Waals surface area contributed by atoms with Gasteiger partial charge in [-0.25, -0.2) is 0 Å². The molecule has 0 unspecified atom stereocenters. The molecule has 0 saturated carbocycles. The molecule has 2 aromatic heterocycles. The molecule has 1 atom stereocenters. The Balaban J connectivity index is 1.93. The number of thiophene rings is 1. The van der Waals surface area contributed by atoms with E-state index in [1.54, 1.807) is 0 Å². The third-order valence-electron chi connectivity index (χ3n) is 3.33. The highest BCUT2D eigenvalue weighted by Gasteiger charge is 2.24. The number of nitrogens with zero attached hydrogens (tertiary/aromatic N) is 2. The first kappa shape index (κ1) is 11.8. The predicted octanol–water partition coefficient (Wildman–Crippen LogP) is 2.14. The maximum atomic E-state index is 4.27. The third-order valence-corrected chi connectivity index (χ3v) is 4.25. The molecule has 0 amide bonds. The average molecular weight is 259 g/mol. The van der Waals surface area contributed by atoms with Crippen molar-refractivity contribution in [2.75, 3.05) is 26.2 Å². The summed E-state index contributed by atoms with van der Waals surface area (Å²) in [5, 5.41) is 5.57. The number of nitrogens with one attached hydrogen (secondary N) is 1. The van der Waals surface area contributed by atoms with Gasteiger partial charge in [0.1, 0.15) is 0 Å². The van der Waals surface area contributed by atoms with Gasteiger partial charge in [0.15, 0.2) is 0 Å². The monoisotopic (exact) mass is 259 g/mol. The Labute approximate surface area is 111 Å². The van der Waals surface area contributed by atoms with Gasteiger partial charge in [0, 0.05) is 43.4 Å². The van der Waals surface area contributed by atoms with E-state index in [2.05, 4.69) is 38.8 Å². The van der Waals surface area contributed by atoms with Crippen molar-refractivity contribution in [3.8, 4) is 0 Å². The summed E-state index contributed by atoms with van der Waals surface area (Å²) in [7, 11) is 0. The number of rotatable bonds is 3. The molecule has 4 heteroatoms. The van der Waals surface area contributed by atoms with Crippen LogP contribution in [0.5, 0.6) is 0 Å². The average Bonchev–Trinajstić information content (AvgIpc) is 2.95. The Morgan fingerprint density at radius 1 is 1.22 bits per heavy atom. The summed E-state index contributed by atoms with van der Waals surface area (Å²) in [6, 6.07) is 8.92. The van der Waals surface area contributed by atoms with Gasteiger partial charge in [-0.1, -0.05) is 12.1 Å². The van der Waals surface area contributed by atoms with Gasteiger partial charge in [-0.3, -0.25) is 9.88 Å². The van der Waals surface area contributed by atoms with Crippen LogP contribution in [0.1, 0.15) is 16.5 Å². The molecule has 1 N–H and O–H groups in total. The van der Waals surface area contributed by atoms with Crippen LogP contribution in [0, 0.1) is 0 Å². The van der Waals surface area contributed by atoms with Gasteiger partial charge in [0.05, 0.1) is 6.04 Å². The number of piperazine rings is 1. The minimum Gasteiger partial charge on any atom is -0.314 e. The molecule has 3 heterocycles. The second kappa shape index (κ2) is 5.61. The molecule has 3 nitrogen and oxygen atoms in total. The standard InChI is InChI=1S/C14H17N3S/c1-3-12(11-16-5-1)14(13-4-2-10-18-13)17-8-6-15-7-9-17/h1-5,10-11,14-15H,6-9H2/t14-/m1/s1. The highest BCUT2D eigenvalue weighted by Crippen LogP contribution is 2.31. The zero-order valence-corrected chi connectivity index (χ0v) is 11.1. The lowest BCUT2D eigenvalue weighted by atomic mass is 10.0. The molecule has 94 valence electrons. The molecular formula is C14H17N3S. The van der Waals surface area contributed by atoms with Crippen molar-refractivity contribution >= 4 is 11.3 Å². The molecule has 0 aliphatic carbocycles. The van der Waals surface area contributed by atoms with Crippen molar-refractivity contribution in [2.45, 2.75) is 6.04 Å². The predicted molar refractivity (Wildman–Crippen MR) is 74.8 cm³/mol. The van der Waals surface area contributed by atoms with Crippen LogP contribution in [0.15, 0.2) is 42.0 Å². The zero-order valence-electron chi connectivity index (χ0n) is 10.2. The Kier molecular flexibility index (Phi) is 3.69. The lowest BCUT2D eigenvalue weighted by Gasteiger charge is -2.34.